The van der Waals surface area contributed by atoms with Gasteiger partial charge in [-0.3, -0.25) is 4.21 Å². The van der Waals surface area contributed by atoms with Crippen LogP contribution in [0.3, 0.4) is 0 Å². The molecular weight excluding hydrogens is 510 g/mol. The van der Waals surface area contributed by atoms with Gasteiger partial charge >= 0.3 is 5.97 Å². The first-order valence-corrected chi connectivity index (χ1v) is 12.1. The van der Waals surface area contributed by atoms with Crippen LogP contribution in [0.4, 0.5) is 0 Å². The molecule has 1 unspecified atom stereocenters. The fourth-order valence-electron chi connectivity index (χ4n) is 3.98. The fraction of sp³-hybridized carbons (Fsp3) is 0.217. The number of phenolic OH excluding ortho intramolecular Hbond substituents is 1. The zero-order valence-corrected chi connectivity index (χ0v) is 20.6. The summed E-state index contributed by atoms with van der Waals surface area (Å²) in [6.07, 6.45) is 3.41. The number of carboxylic acids is 1. The van der Waals surface area contributed by atoms with Gasteiger partial charge in [0.05, 0.1) is 50.7 Å². The molecule has 0 aliphatic rings. The van der Waals surface area contributed by atoms with Gasteiger partial charge < -0.3 is 24.1 Å². The number of aryl methyl sites for hydroxylation is 2. The first kappa shape index (κ1) is 23.1. The molecule has 0 radical (unpaired) electrons. The molecule has 4 aromatic rings. The van der Waals surface area contributed by atoms with Crippen molar-refractivity contribution in [2.75, 3.05) is 7.11 Å². The average Bonchev–Trinajstić information content (AvgIpc) is 3.32. The highest BCUT2D eigenvalue weighted by atomic mass is 79.9. The summed E-state index contributed by atoms with van der Waals surface area (Å²) in [6, 6.07) is 8.64. The second kappa shape index (κ2) is 9.03. The number of aromatic nitrogens is 3. The molecule has 0 spiro atoms. The van der Waals surface area contributed by atoms with E-state index >= 15 is 0 Å². The van der Waals surface area contributed by atoms with Crippen molar-refractivity contribution >= 4 is 43.6 Å². The van der Waals surface area contributed by atoms with Crippen LogP contribution in [-0.4, -0.2) is 41.6 Å². The highest BCUT2D eigenvalue weighted by molar-refractivity contribution is 9.10. The number of hydrogen-bond acceptors (Lipinski definition) is 5. The SMILES string of the molecule is COc1ccccc1S(=O)Cc1c(C(=O)O)c2c(Cn3ccnc3C)c(O)c(Br)cc2n1C. The highest BCUT2D eigenvalue weighted by Crippen LogP contribution is 2.40. The van der Waals surface area contributed by atoms with E-state index in [1.165, 1.54) is 7.11 Å². The summed E-state index contributed by atoms with van der Waals surface area (Å²) in [6.45, 7) is 2.06. The number of rotatable bonds is 7. The molecule has 8 nitrogen and oxygen atoms in total. The molecule has 2 aromatic heterocycles. The second-order valence-corrected chi connectivity index (χ2v) is 9.78. The lowest BCUT2D eigenvalue weighted by atomic mass is 10.0. The number of para-hydroxylation sites is 1. The minimum Gasteiger partial charge on any atom is -0.506 e. The summed E-state index contributed by atoms with van der Waals surface area (Å²) in [5.74, 6) is -0.0234. The van der Waals surface area contributed by atoms with E-state index in [0.29, 0.717) is 37.3 Å². The molecule has 172 valence electrons. The molecule has 0 fully saturated rings. The Morgan fingerprint density at radius 1 is 1.30 bits per heavy atom. The molecule has 2 heterocycles. The van der Waals surface area contributed by atoms with Crippen LogP contribution < -0.4 is 4.74 Å². The van der Waals surface area contributed by atoms with Crippen LogP contribution in [0.5, 0.6) is 11.5 Å². The van der Waals surface area contributed by atoms with E-state index in [4.69, 9.17) is 4.74 Å². The zero-order chi connectivity index (χ0) is 23.9. The van der Waals surface area contributed by atoms with Crippen molar-refractivity contribution in [3.63, 3.8) is 0 Å². The maximum Gasteiger partial charge on any atom is 0.338 e. The highest BCUT2D eigenvalue weighted by Gasteiger charge is 2.28. The molecule has 0 bridgehead atoms. The van der Waals surface area contributed by atoms with Crippen molar-refractivity contribution in [1.29, 1.82) is 0 Å². The van der Waals surface area contributed by atoms with E-state index in [-0.39, 0.29) is 23.6 Å². The van der Waals surface area contributed by atoms with E-state index < -0.39 is 16.8 Å². The van der Waals surface area contributed by atoms with E-state index in [1.54, 1.807) is 54.3 Å². The Morgan fingerprint density at radius 3 is 2.67 bits per heavy atom. The first-order chi connectivity index (χ1) is 15.7. The summed E-state index contributed by atoms with van der Waals surface area (Å²) in [4.78, 5) is 17.2. The van der Waals surface area contributed by atoms with Crippen molar-refractivity contribution in [1.82, 2.24) is 14.1 Å². The normalized spacial score (nSPS) is 12.2. The monoisotopic (exact) mass is 531 g/mol. The minimum atomic E-state index is -1.56. The number of fused-ring (bicyclic) bond motifs is 1. The summed E-state index contributed by atoms with van der Waals surface area (Å²) < 4.78 is 22.6. The largest absolute Gasteiger partial charge is 0.506 e. The third-order valence-electron chi connectivity index (χ3n) is 5.69. The number of carboxylic acid groups (broad SMARTS) is 1. The summed E-state index contributed by atoms with van der Waals surface area (Å²) in [7, 11) is 1.67. The Bertz CT molecular complexity index is 1410. The molecule has 1 atom stereocenters. The second-order valence-electron chi connectivity index (χ2n) is 7.51. The zero-order valence-electron chi connectivity index (χ0n) is 18.2. The smallest absolute Gasteiger partial charge is 0.338 e. The summed E-state index contributed by atoms with van der Waals surface area (Å²) in [5, 5.41) is 21.4. The quantitative estimate of drug-likeness (QED) is 0.369. The first-order valence-electron chi connectivity index (χ1n) is 9.98. The number of hydrogen-bond donors (Lipinski definition) is 2. The number of benzene rings is 2. The van der Waals surface area contributed by atoms with Gasteiger partial charge in [0.25, 0.3) is 0 Å². The van der Waals surface area contributed by atoms with Gasteiger partial charge in [-0.15, -0.1) is 0 Å². The lowest BCUT2D eigenvalue weighted by molar-refractivity contribution is 0.0698. The molecule has 4 rings (SSSR count). The van der Waals surface area contributed by atoms with Crippen molar-refractivity contribution < 1.29 is 24.0 Å². The number of phenols is 1. The lowest BCUT2D eigenvalue weighted by Crippen LogP contribution is -2.09. The van der Waals surface area contributed by atoms with Crippen molar-refractivity contribution in [3.8, 4) is 11.5 Å². The summed E-state index contributed by atoms with van der Waals surface area (Å²) >= 11 is 3.39. The molecule has 2 N–H and O–H groups in total. The van der Waals surface area contributed by atoms with Crippen molar-refractivity contribution in [3.05, 3.63) is 69.8 Å². The third-order valence-corrected chi connectivity index (χ3v) is 7.65. The van der Waals surface area contributed by atoms with Crippen molar-refractivity contribution in [2.45, 2.75) is 24.1 Å². The Labute approximate surface area is 201 Å². The van der Waals surface area contributed by atoms with Gasteiger partial charge in [0.15, 0.2) is 0 Å². The van der Waals surface area contributed by atoms with Crippen LogP contribution >= 0.6 is 15.9 Å². The molecule has 2 aromatic carbocycles. The Morgan fingerprint density at radius 2 is 2.03 bits per heavy atom. The Balaban J connectivity index is 1.93. The number of nitrogens with zero attached hydrogens (tertiary/aromatic N) is 3. The third kappa shape index (κ3) is 4.04. The molecule has 33 heavy (non-hydrogen) atoms. The van der Waals surface area contributed by atoms with Gasteiger partial charge in [0, 0.05) is 36.1 Å². The van der Waals surface area contributed by atoms with E-state index in [0.717, 1.165) is 5.82 Å². The maximum absolute atomic E-state index is 13.3. The van der Waals surface area contributed by atoms with E-state index in [1.807, 2.05) is 11.5 Å². The number of methoxy groups -OCH3 is 1. The summed E-state index contributed by atoms with van der Waals surface area (Å²) in [5.41, 5.74) is 1.47. The number of ether oxygens (including phenoxy) is 1. The van der Waals surface area contributed by atoms with E-state index in [9.17, 15) is 19.2 Å². The minimum absolute atomic E-state index is 0.0197. The molecule has 0 saturated heterocycles. The number of aromatic carboxylic acids is 1. The van der Waals surface area contributed by atoms with Crippen LogP contribution in [-0.2, 0) is 30.1 Å². The van der Waals surface area contributed by atoms with Crippen molar-refractivity contribution in [2.24, 2.45) is 7.05 Å². The predicted molar refractivity (Wildman–Crippen MR) is 128 cm³/mol. The van der Waals surface area contributed by atoms with Gasteiger partial charge in [0.2, 0.25) is 0 Å². The van der Waals surface area contributed by atoms with Crippen LogP contribution in [0, 0.1) is 6.92 Å². The molecule has 0 saturated carbocycles. The molecule has 0 aliphatic carbocycles. The van der Waals surface area contributed by atoms with E-state index in [2.05, 4.69) is 20.9 Å². The Hall–Kier alpha value is -3.11. The Kier molecular flexibility index (Phi) is 6.31. The van der Waals surface area contributed by atoms with Gasteiger partial charge in [-0.1, -0.05) is 12.1 Å². The van der Waals surface area contributed by atoms with Gasteiger partial charge in [0.1, 0.15) is 17.3 Å². The van der Waals surface area contributed by atoms with Gasteiger partial charge in [-0.2, -0.15) is 0 Å². The number of aromatic hydroxyl groups is 1. The van der Waals surface area contributed by atoms with Crippen LogP contribution in [0.1, 0.15) is 27.4 Å². The molecule has 0 amide bonds. The van der Waals surface area contributed by atoms with Gasteiger partial charge in [-0.05, 0) is 41.1 Å². The molecule has 10 heteroatoms. The van der Waals surface area contributed by atoms with Gasteiger partial charge in [-0.25, -0.2) is 9.78 Å². The average molecular weight is 532 g/mol. The van der Waals surface area contributed by atoms with Crippen LogP contribution in [0.2, 0.25) is 0 Å². The van der Waals surface area contributed by atoms with Crippen LogP contribution in [0.25, 0.3) is 10.9 Å². The fourth-order valence-corrected chi connectivity index (χ4v) is 5.79. The maximum atomic E-state index is 13.3. The lowest BCUT2D eigenvalue weighted by Gasteiger charge is -2.12. The molecule has 0 aliphatic heterocycles. The number of imidazole rings is 1. The number of halogens is 1. The molecular formula is C23H22BrN3O5S. The van der Waals surface area contributed by atoms with Crippen LogP contribution in [0.15, 0.2) is 52.1 Å². The predicted octanol–water partition coefficient (Wildman–Crippen LogP) is 4.21. The topological polar surface area (TPSA) is 107 Å². The standard InChI is InChI=1S/C23H22BrN3O5S/c1-13-25-8-9-27(13)11-14-20-16(10-15(24)22(14)28)26(2)17(21(20)23(29)30)12-33(31)19-7-5-4-6-18(19)32-3/h4-10,28H,11-12H2,1-3H3,(H,29,30). The number of carbonyl (C=O) groups is 1.